The summed E-state index contributed by atoms with van der Waals surface area (Å²) in [5.41, 5.74) is 10.8. The fourth-order valence-corrected chi connectivity index (χ4v) is 2.92. The molecule has 0 saturated heterocycles. The van der Waals surface area contributed by atoms with Gasteiger partial charge in [-0.15, -0.1) is 5.10 Å². The van der Waals surface area contributed by atoms with Crippen molar-refractivity contribution >= 4 is 16.7 Å². The van der Waals surface area contributed by atoms with Gasteiger partial charge >= 0.3 is 0 Å². The third-order valence-corrected chi connectivity index (χ3v) is 3.98. The SMILES string of the molecule is CCCc1nc2c(c(C)c(C)n3nnnc23)n1CC(C)(C)N. The molecule has 3 heterocycles. The van der Waals surface area contributed by atoms with Crippen LogP contribution in [0.3, 0.4) is 0 Å². The summed E-state index contributed by atoms with van der Waals surface area (Å²) in [4.78, 5) is 4.83. The highest BCUT2D eigenvalue weighted by Crippen LogP contribution is 2.27. The normalized spacial score (nSPS) is 12.6. The molecule has 0 atom stereocenters. The zero-order chi connectivity index (χ0) is 16.1. The van der Waals surface area contributed by atoms with Crippen LogP contribution in [0.5, 0.6) is 0 Å². The van der Waals surface area contributed by atoms with Crippen molar-refractivity contribution in [2.45, 2.75) is 59.5 Å². The van der Waals surface area contributed by atoms with Crippen LogP contribution in [0.2, 0.25) is 0 Å². The maximum absolute atomic E-state index is 6.27. The lowest BCUT2D eigenvalue weighted by molar-refractivity contribution is 0.430. The summed E-state index contributed by atoms with van der Waals surface area (Å²) < 4.78 is 4.01. The topological polar surface area (TPSA) is 86.9 Å². The minimum atomic E-state index is -0.311. The summed E-state index contributed by atoms with van der Waals surface area (Å²) in [7, 11) is 0. The van der Waals surface area contributed by atoms with Crippen LogP contribution in [-0.4, -0.2) is 35.1 Å². The molecule has 0 bridgehead atoms. The number of fused-ring (bicyclic) bond motifs is 3. The first-order valence-corrected chi connectivity index (χ1v) is 7.68. The number of hydrogen-bond donors (Lipinski definition) is 1. The van der Waals surface area contributed by atoms with Gasteiger partial charge in [0.1, 0.15) is 11.3 Å². The summed E-state index contributed by atoms with van der Waals surface area (Å²) in [5, 5.41) is 12.0. The van der Waals surface area contributed by atoms with Crippen LogP contribution in [0.15, 0.2) is 0 Å². The van der Waals surface area contributed by atoms with E-state index in [1.54, 1.807) is 4.52 Å². The van der Waals surface area contributed by atoms with Crippen molar-refractivity contribution in [1.82, 2.24) is 29.6 Å². The molecule has 0 saturated carbocycles. The lowest BCUT2D eigenvalue weighted by atomic mass is 10.1. The number of tetrazole rings is 1. The summed E-state index contributed by atoms with van der Waals surface area (Å²) >= 11 is 0. The summed E-state index contributed by atoms with van der Waals surface area (Å²) in [6, 6.07) is 0. The van der Waals surface area contributed by atoms with Gasteiger partial charge in [-0.2, -0.15) is 4.52 Å². The largest absolute Gasteiger partial charge is 0.326 e. The van der Waals surface area contributed by atoms with E-state index in [-0.39, 0.29) is 5.54 Å². The Bertz CT molecular complexity index is 835. The van der Waals surface area contributed by atoms with Crippen molar-refractivity contribution in [1.29, 1.82) is 0 Å². The number of rotatable bonds is 4. The molecule has 7 nitrogen and oxygen atoms in total. The number of hydrogen-bond acceptors (Lipinski definition) is 5. The maximum atomic E-state index is 6.27. The average molecular weight is 301 g/mol. The Morgan fingerprint density at radius 1 is 1.23 bits per heavy atom. The fraction of sp³-hybridized carbons (Fsp3) is 0.600. The van der Waals surface area contributed by atoms with E-state index in [1.807, 2.05) is 20.8 Å². The molecule has 0 aliphatic heterocycles. The van der Waals surface area contributed by atoms with Gasteiger partial charge in [-0.25, -0.2) is 4.98 Å². The predicted molar refractivity (Wildman–Crippen MR) is 85.8 cm³/mol. The quantitative estimate of drug-likeness (QED) is 0.793. The maximum Gasteiger partial charge on any atom is 0.207 e. The average Bonchev–Trinajstić information content (AvgIpc) is 3.01. The van der Waals surface area contributed by atoms with E-state index < -0.39 is 0 Å². The number of aryl methyl sites for hydroxylation is 3. The Morgan fingerprint density at radius 2 is 1.95 bits per heavy atom. The van der Waals surface area contributed by atoms with E-state index in [0.717, 1.165) is 47.5 Å². The van der Waals surface area contributed by atoms with Gasteiger partial charge in [0.25, 0.3) is 0 Å². The molecule has 0 spiro atoms. The minimum absolute atomic E-state index is 0.311. The summed E-state index contributed by atoms with van der Waals surface area (Å²) in [5.74, 6) is 1.05. The second kappa shape index (κ2) is 5.01. The number of imidazole rings is 1. The van der Waals surface area contributed by atoms with E-state index in [0.29, 0.717) is 5.65 Å². The van der Waals surface area contributed by atoms with Gasteiger partial charge in [0.15, 0.2) is 0 Å². The number of aromatic nitrogens is 6. The summed E-state index contributed by atoms with van der Waals surface area (Å²) in [6.45, 7) is 11.1. The zero-order valence-electron chi connectivity index (χ0n) is 13.9. The Balaban J connectivity index is 2.39. The van der Waals surface area contributed by atoms with Crippen molar-refractivity contribution < 1.29 is 0 Å². The Morgan fingerprint density at radius 3 is 2.59 bits per heavy atom. The standard InChI is InChI=1S/C15H23N7/c1-6-7-11-17-12-13(21(11)8-15(4,5)16)9(2)10(3)22-14(12)18-19-20-22/h6-8,16H2,1-5H3. The molecule has 3 aromatic heterocycles. The van der Waals surface area contributed by atoms with E-state index in [1.165, 1.54) is 0 Å². The molecule has 2 N–H and O–H groups in total. The van der Waals surface area contributed by atoms with Gasteiger partial charge in [-0.3, -0.25) is 0 Å². The number of nitrogens with zero attached hydrogens (tertiary/aromatic N) is 6. The van der Waals surface area contributed by atoms with Gasteiger partial charge in [-0.1, -0.05) is 6.92 Å². The smallest absolute Gasteiger partial charge is 0.207 e. The second-order valence-electron chi connectivity index (χ2n) is 6.67. The van der Waals surface area contributed by atoms with Crippen LogP contribution in [0, 0.1) is 13.8 Å². The monoisotopic (exact) mass is 301 g/mol. The molecule has 3 aromatic rings. The fourth-order valence-electron chi connectivity index (χ4n) is 2.92. The molecular formula is C15H23N7. The lowest BCUT2D eigenvalue weighted by Crippen LogP contribution is -2.37. The summed E-state index contributed by atoms with van der Waals surface area (Å²) in [6.07, 6.45) is 1.95. The molecule has 0 unspecified atom stereocenters. The van der Waals surface area contributed by atoms with Crippen LogP contribution in [0.1, 0.15) is 44.3 Å². The second-order valence-corrected chi connectivity index (χ2v) is 6.67. The molecule has 0 aromatic carbocycles. The zero-order valence-corrected chi connectivity index (χ0v) is 13.9. The highest BCUT2D eigenvalue weighted by Gasteiger charge is 2.22. The third kappa shape index (κ3) is 2.25. The Kier molecular flexibility index (Phi) is 3.40. The Labute approximate surface area is 129 Å². The van der Waals surface area contributed by atoms with Crippen LogP contribution in [0.4, 0.5) is 0 Å². The van der Waals surface area contributed by atoms with Crippen LogP contribution in [0.25, 0.3) is 16.7 Å². The molecular weight excluding hydrogens is 278 g/mol. The molecule has 0 radical (unpaired) electrons. The van der Waals surface area contributed by atoms with Crippen molar-refractivity contribution in [3.63, 3.8) is 0 Å². The van der Waals surface area contributed by atoms with Crippen molar-refractivity contribution in [3.05, 3.63) is 17.1 Å². The molecule has 7 heteroatoms. The van der Waals surface area contributed by atoms with E-state index in [9.17, 15) is 0 Å². The highest BCUT2D eigenvalue weighted by atomic mass is 15.5. The van der Waals surface area contributed by atoms with Gasteiger partial charge in [0.2, 0.25) is 5.65 Å². The lowest BCUT2D eigenvalue weighted by Gasteiger charge is -2.22. The molecule has 0 fully saturated rings. The van der Waals surface area contributed by atoms with Gasteiger partial charge in [0.05, 0.1) is 5.52 Å². The van der Waals surface area contributed by atoms with Crippen LogP contribution >= 0.6 is 0 Å². The Hall–Kier alpha value is -2.02. The van der Waals surface area contributed by atoms with Crippen molar-refractivity contribution in [2.75, 3.05) is 0 Å². The van der Waals surface area contributed by atoms with Crippen molar-refractivity contribution in [3.8, 4) is 0 Å². The predicted octanol–water partition coefficient (Wildman–Crippen LogP) is 1.78. The molecule has 3 rings (SSSR count). The van der Waals surface area contributed by atoms with Gasteiger partial charge in [-0.05, 0) is 50.1 Å². The minimum Gasteiger partial charge on any atom is -0.326 e. The van der Waals surface area contributed by atoms with E-state index >= 15 is 0 Å². The van der Waals surface area contributed by atoms with E-state index in [4.69, 9.17) is 10.7 Å². The van der Waals surface area contributed by atoms with Crippen molar-refractivity contribution in [2.24, 2.45) is 5.73 Å². The van der Waals surface area contributed by atoms with Gasteiger partial charge < -0.3 is 10.3 Å². The molecule has 0 amide bonds. The molecule has 0 aliphatic rings. The van der Waals surface area contributed by atoms with Crippen LogP contribution < -0.4 is 5.73 Å². The molecule has 0 aliphatic carbocycles. The first-order chi connectivity index (χ1) is 10.3. The highest BCUT2D eigenvalue weighted by molar-refractivity contribution is 5.91. The third-order valence-electron chi connectivity index (χ3n) is 3.98. The van der Waals surface area contributed by atoms with Gasteiger partial charge in [0, 0.05) is 24.2 Å². The first-order valence-electron chi connectivity index (χ1n) is 7.68. The first kappa shape index (κ1) is 14.9. The van der Waals surface area contributed by atoms with Crippen LogP contribution in [-0.2, 0) is 13.0 Å². The number of pyridine rings is 1. The molecule has 118 valence electrons. The number of nitrogens with two attached hydrogens (primary N) is 1. The van der Waals surface area contributed by atoms with E-state index in [2.05, 4.69) is 33.9 Å². The molecule has 22 heavy (non-hydrogen) atoms.